The van der Waals surface area contributed by atoms with Crippen LogP contribution in [0.15, 0.2) is 73.2 Å². The third-order valence-corrected chi connectivity index (χ3v) is 5.93. The molecule has 0 spiro atoms. The molecule has 3 heterocycles. The van der Waals surface area contributed by atoms with Crippen molar-refractivity contribution in [2.24, 2.45) is 0 Å². The van der Waals surface area contributed by atoms with E-state index in [2.05, 4.69) is 15.5 Å². The maximum Gasteiger partial charge on any atom is 0.256 e. The van der Waals surface area contributed by atoms with E-state index in [-0.39, 0.29) is 12.6 Å². The number of aryl methyl sites for hydroxylation is 1. The molecule has 0 bridgehead atoms. The molecule has 2 aromatic carbocycles. The zero-order chi connectivity index (χ0) is 24.4. The molecule has 1 N–H and O–H groups in total. The van der Waals surface area contributed by atoms with Crippen molar-refractivity contribution in [2.75, 3.05) is 5.32 Å². The molecule has 176 valence electrons. The summed E-state index contributed by atoms with van der Waals surface area (Å²) in [5, 5.41) is 13.0. The lowest BCUT2D eigenvalue weighted by molar-refractivity contribution is 0.102. The van der Waals surface area contributed by atoms with E-state index in [1.165, 1.54) is 0 Å². The van der Waals surface area contributed by atoms with E-state index in [0.29, 0.717) is 27.7 Å². The van der Waals surface area contributed by atoms with Crippen molar-refractivity contribution in [1.82, 2.24) is 24.5 Å². The molecule has 35 heavy (non-hydrogen) atoms. The molecule has 9 heteroatoms. The van der Waals surface area contributed by atoms with Gasteiger partial charge in [-0.25, -0.2) is 9.67 Å². The molecule has 5 aromatic rings. The van der Waals surface area contributed by atoms with Gasteiger partial charge in [0.15, 0.2) is 6.73 Å². The summed E-state index contributed by atoms with van der Waals surface area (Å²) < 4.78 is 9.21. The summed E-state index contributed by atoms with van der Waals surface area (Å²) in [6, 6.07) is 16.6. The SMILES string of the molecule is CCn1ncc(-c2cc(C(=O)Nc3cnn(COc4cccc(Cl)c4)c3)c3ccccc3n2)c1C. The number of carbonyl (C=O) groups is 1. The van der Waals surface area contributed by atoms with Crippen molar-refractivity contribution in [3.05, 3.63) is 89.5 Å². The summed E-state index contributed by atoms with van der Waals surface area (Å²) in [6.45, 7) is 4.98. The van der Waals surface area contributed by atoms with Gasteiger partial charge in [0.25, 0.3) is 5.91 Å². The lowest BCUT2D eigenvalue weighted by atomic mass is 10.0. The zero-order valence-corrected chi connectivity index (χ0v) is 20.0. The highest BCUT2D eigenvalue weighted by atomic mass is 35.5. The van der Waals surface area contributed by atoms with Crippen molar-refractivity contribution in [1.29, 1.82) is 0 Å². The molecule has 0 saturated heterocycles. The molecule has 1 amide bonds. The lowest BCUT2D eigenvalue weighted by Crippen LogP contribution is -2.13. The normalized spacial score (nSPS) is 11.1. The van der Waals surface area contributed by atoms with Crippen molar-refractivity contribution >= 4 is 34.1 Å². The highest BCUT2D eigenvalue weighted by Gasteiger charge is 2.17. The van der Waals surface area contributed by atoms with Gasteiger partial charge in [0, 0.05) is 28.2 Å². The van der Waals surface area contributed by atoms with Gasteiger partial charge in [0.05, 0.1) is 41.1 Å². The van der Waals surface area contributed by atoms with E-state index in [1.54, 1.807) is 35.4 Å². The quantitative estimate of drug-likeness (QED) is 0.325. The molecule has 0 fully saturated rings. The fraction of sp³-hybridized carbons (Fsp3) is 0.154. The zero-order valence-electron chi connectivity index (χ0n) is 19.3. The van der Waals surface area contributed by atoms with Crippen LogP contribution in [-0.2, 0) is 13.3 Å². The Balaban J connectivity index is 1.39. The number of pyridine rings is 1. The number of carbonyl (C=O) groups excluding carboxylic acids is 1. The third kappa shape index (κ3) is 4.74. The molecular weight excluding hydrogens is 464 g/mol. The van der Waals surface area contributed by atoms with Gasteiger partial charge < -0.3 is 10.1 Å². The Bertz CT molecular complexity index is 1520. The minimum absolute atomic E-state index is 0.180. The number of nitrogens with zero attached hydrogens (tertiary/aromatic N) is 5. The maximum absolute atomic E-state index is 13.3. The molecule has 3 aromatic heterocycles. The van der Waals surface area contributed by atoms with Gasteiger partial charge >= 0.3 is 0 Å². The van der Waals surface area contributed by atoms with E-state index in [1.807, 2.05) is 61.0 Å². The van der Waals surface area contributed by atoms with Gasteiger partial charge in [-0.1, -0.05) is 35.9 Å². The predicted octanol–water partition coefficient (Wildman–Crippen LogP) is 5.57. The summed E-state index contributed by atoms with van der Waals surface area (Å²) in [5.74, 6) is 0.386. The molecule has 0 unspecified atom stereocenters. The number of ether oxygens (including phenoxy) is 1. The number of anilines is 1. The summed E-state index contributed by atoms with van der Waals surface area (Å²) in [6.07, 6.45) is 5.09. The van der Waals surface area contributed by atoms with Gasteiger partial charge in [-0.2, -0.15) is 10.2 Å². The summed E-state index contributed by atoms with van der Waals surface area (Å²) in [5.41, 5.74) is 4.43. The third-order valence-electron chi connectivity index (χ3n) is 5.69. The van der Waals surface area contributed by atoms with E-state index in [0.717, 1.165) is 28.7 Å². The number of benzene rings is 2. The fourth-order valence-electron chi connectivity index (χ4n) is 3.91. The first-order valence-electron chi connectivity index (χ1n) is 11.2. The van der Waals surface area contributed by atoms with E-state index >= 15 is 0 Å². The molecule has 0 aliphatic carbocycles. The first kappa shape index (κ1) is 22.6. The van der Waals surface area contributed by atoms with Crippen LogP contribution in [0.1, 0.15) is 23.0 Å². The largest absolute Gasteiger partial charge is 0.471 e. The number of halogens is 1. The lowest BCUT2D eigenvalue weighted by Gasteiger charge is -2.10. The Labute approximate surface area is 207 Å². The van der Waals surface area contributed by atoms with Crippen LogP contribution in [0.5, 0.6) is 5.75 Å². The molecule has 0 aliphatic rings. The van der Waals surface area contributed by atoms with Crippen molar-refractivity contribution < 1.29 is 9.53 Å². The smallest absolute Gasteiger partial charge is 0.256 e. The molecule has 0 aliphatic heterocycles. The van der Waals surface area contributed by atoms with Crippen LogP contribution in [0.2, 0.25) is 5.02 Å². The minimum Gasteiger partial charge on any atom is -0.471 e. The van der Waals surface area contributed by atoms with Crippen LogP contribution < -0.4 is 10.1 Å². The number of nitrogens with one attached hydrogen (secondary N) is 1. The van der Waals surface area contributed by atoms with Gasteiger partial charge in [0.1, 0.15) is 5.75 Å². The van der Waals surface area contributed by atoms with E-state index < -0.39 is 0 Å². The Kier molecular flexibility index (Phi) is 6.20. The van der Waals surface area contributed by atoms with E-state index in [9.17, 15) is 4.79 Å². The van der Waals surface area contributed by atoms with Crippen molar-refractivity contribution in [2.45, 2.75) is 27.1 Å². The second-order valence-corrected chi connectivity index (χ2v) is 8.42. The number of hydrogen-bond donors (Lipinski definition) is 1. The van der Waals surface area contributed by atoms with Crippen LogP contribution in [-0.4, -0.2) is 30.5 Å². The van der Waals surface area contributed by atoms with Crippen LogP contribution in [0.3, 0.4) is 0 Å². The highest BCUT2D eigenvalue weighted by molar-refractivity contribution is 6.30. The minimum atomic E-state index is -0.249. The van der Waals surface area contributed by atoms with Crippen LogP contribution in [0.4, 0.5) is 5.69 Å². The van der Waals surface area contributed by atoms with Crippen molar-refractivity contribution in [3.63, 3.8) is 0 Å². The van der Waals surface area contributed by atoms with Crippen LogP contribution in [0, 0.1) is 6.92 Å². The summed E-state index contributed by atoms with van der Waals surface area (Å²) in [4.78, 5) is 18.1. The summed E-state index contributed by atoms with van der Waals surface area (Å²) in [7, 11) is 0. The van der Waals surface area contributed by atoms with Gasteiger partial charge in [-0.15, -0.1) is 0 Å². The molecule has 5 rings (SSSR count). The fourth-order valence-corrected chi connectivity index (χ4v) is 4.09. The topological polar surface area (TPSA) is 86.9 Å². The van der Waals surface area contributed by atoms with Crippen molar-refractivity contribution in [3.8, 4) is 17.0 Å². The Morgan fingerprint density at radius 1 is 1.09 bits per heavy atom. The Morgan fingerprint density at radius 3 is 2.74 bits per heavy atom. The first-order chi connectivity index (χ1) is 17.0. The first-order valence-corrected chi connectivity index (χ1v) is 11.5. The molecule has 8 nitrogen and oxygen atoms in total. The van der Waals surface area contributed by atoms with Gasteiger partial charge in [0.2, 0.25) is 0 Å². The average Bonchev–Trinajstić information content (AvgIpc) is 3.47. The monoisotopic (exact) mass is 486 g/mol. The number of fused-ring (bicyclic) bond motifs is 1. The number of aromatic nitrogens is 5. The predicted molar refractivity (Wildman–Crippen MR) is 136 cm³/mol. The number of rotatable bonds is 7. The van der Waals surface area contributed by atoms with Crippen LogP contribution in [0.25, 0.3) is 22.2 Å². The molecule has 0 atom stereocenters. The maximum atomic E-state index is 13.3. The summed E-state index contributed by atoms with van der Waals surface area (Å²) >= 11 is 6.00. The second-order valence-electron chi connectivity index (χ2n) is 7.99. The standard InChI is InChI=1S/C26H23ClN6O2/c1-3-33-17(2)23(14-29-33)25-12-22(21-9-4-5-10-24(21)31-25)26(34)30-19-13-28-32(15-19)16-35-20-8-6-7-18(27)11-20/h4-15H,3,16H2,1-2H3,(H,30,34). The molecule has 0 radical (unpaired) electrons. The molecular formula is C26H23ClN6O2. The number of hydrogen-bond acceptors (Lipinski definition) is 5. The Hall–Kier alpha value is -4.17. The van der Waals surface area contributed by atoms with Gasteiger partial charge in [-0.3, -0.25) is 9.48 Å². The highest BCUT2D eigenvalue weighted by Crippen LogP contribution is 2.27. The number of para-hydroxylation sites is 1. The Morgan fingerprint density at radius 2 is 1.94 bits per heavy atom. The second kappa shape index (κ2) is 9.60. The molecule has 0 saturated carbocycles. The van der Waals surface area contributed by atoms with Gasteiger partial charge in [-0.05, 0) is 44.2 Å². The number of amides is 1. The van der Waals surface area contributed by atoms with E-state index in [4.69, 9.17) is 21.3 Å². The average molecular weight is 487 g/mol. The van der Waals surface area contributed by atoms with Crippen LogP contribution >= 0.6 is 11.6 Å².